The van der Waals surface area contributed by atoms with Gasteiger partial charge in [-0.1, -0.05) is 6.92 Å². The molecule has 0 radical (unpaired) electrons. The molecule has 1 aliphatic heterocycles. The Hall–Kier alpha value is -2.58. The summed E-state index contributed by atoms with van der Waals surface area (Å²) in [7, 11) is 3.19. The Morgan fingerprint density at radius 2 is 2.21 bits per heavy atom. The van der Waals surface area contributed by atoms with Gasteiger partial charge in [0, 0.05) is 29.9 Å². The molecule has 1 unspecified atom stereocenters. The van der Waals surface area contributed by atoms with E-state index in [9.17, 15) is 4.79 Å². The first-order valence-electron chi connectivity index (χ1n) is 9.78. The molecule has 1 aromatic carbocycles. The standard InChI is InChI=1S/C21H26N4O3S/c1-13-5-4-6-25(10-13)11-15-12-29-21(22-15)24-20(26)17-8-14-7-16(27-2)9-18(28-3)19(14)23-17/h7-9,12-13,23H,4-6,10-11H2,1-3H3,(H,22,24,26). The number of rotatable bonds is 6. The van der Waals surface area contributed by atoms with E-state index in [0.717, 1.165) is 42.1 Å². The van der Waals surface area contributed by atoms with Crippen molar-refractivity contribution in [1.29, 1.82) is 0 Å². The number of nitrogens with one attached hydrogen (secondary N) is 2. The van der Waals surface area contributed by atoms with Crippen molar-refractivity contribution >= 4 is 33.3 Å². The van der Waals surface area contributed by atoms with Crippen molar-refractivity contribution in [1.82, 2.24) is 14.9 Å². The van der Waals surface area contributed by atoms with Crippen LogP contribution in [0.1, 0.15) is 35.9 Å². The summed E-state index contributed by atoms with van der Waals surface area (Å²) in [5.74, 6) is 1.82. The zero-order chi connectivity index (χ0) is 20.4. The summed E-state index contributed by atoms with van der Waals surface area (Å²) in [5, 5.41) is 6.38. The number of hydrogen-bond donors (Lipinski definition) is 2. The SMILES string of the molecule is COc1cc(OC)c2[nH]c(C(=O)Nc3nc(CN4CCCC(C)C4)cs3)cc2c1. The van der Waals surface area contributed by atoms with E-state index in [-0.39, 0.29) is 5.91 Å². The van der Waals surface area contributed by atoms with E-state index in [4.69, 9.17) is 9.47 Å². The van der Waals surface area contributed by atoms with Gasteiger partial charge >= 0.3 is 0 Å². The van der Waals surface area contributed by atoms with E-state index >= 15 is 0 Å². The summed E-state index contributed by atoms with van der Waals surface area (Å²) >= 11 is 1.45. The number of amides is 1. The first-order valence-corrected chi connectivity index (χ1v) is 10.7. The third-order valence-electron chi connectivity index (χ3n) is 5.26. The van der Waals surface area contributed by atoms with Gasteiger partial charge in [-0.15, -0.1) is 11.3 Å². The van der Waals surface area contributed by atoms with Crippen molar-refractivity contribution < 1.29 is 14.3 Å². The van der Waals surface area contributed by atoms with E-state index in [1.807, 2.05) is 11.4 Å². The molecule has 1 amide bonds. The number of H-pyrrole nitrogens is 1. The number of carbonyl (C=O) groups is 1. The van der Waals surface area contributed by atoms with E-state index in [0.29, 0.717) is 22.3 Å². The minimum atomic E-state index is -0.227. The minimum Gasteiger partial charge on any atom is -0.497 e. The molecule has 1 saturated heterocycles. The van der Waals surface area contributed by atoms with Gasteiger partial charge in [0.05, 0.1) is 25.4 Å². The molecule has 154 valence electrons. The second-order valence-corrected chi connectivity index (χ2v) is 8.42. The number of aromatic amines is 1. The van der Waals surface area contributed by atoms with Gasteiger partial charge in [0.25, 0.3) is 5.91 Å². The van der Waals surface area contributed by atoms with Gasteiger partial charge in [0.2, 0.25) is 0 Å². The van der Waals surface area contributed by atoms with Crippen molar-refractivity contribution in [2.75, 3.05) is 32.6 Å². The number of likely N-dealkylation sites (tertiary alicyclic amines) is 1. The number of nitrogens with zero attached hydrogens (tertiary/aromatic N) is 2. The number of thiazole rings is 1. The molecule has 3 aromatic rings. The van der Waals surface area contributed by atoms with E-state index in [1.54, 1.807) is 26.4 Å². The van der Waals surface area contributed by atoms with E-state index in [1.165, 1.54) is 24.2 Å². The van der Waals surface area contributed by atoms with Crippen LogP contribution in [0.4, 0.5) is 5.13 Å². The van der Waals surface area contributed by atoms with Crippen LogP contribution in [-0.4, -0.2) is 48.1 Å². The topological polar surface area (TPSA) is 79.5 Å². The Bertz CT molecular complexity index is 1010. The van der Waals surface area contributed by atoms with E-state index < -0.39 is 0 Å². The lowest BCUT2D eigenvalue weighted by Gasteiger charge is -2.30. The first-order chi connectivity index (χ1) is 14.1. The van der Waals surface area contributed by atoms with Crippen LogP contribution in [0.15, 0.2) is 23.6 Å². The Balaban J connectivity index is 1.46. The maximum atomic E-state index is 12.7. The number of carbonyl (C=O) groups excluding carboxylic acids is 1. The fourth-order valence-electron chi connectivity index (χ4n) is 3.85. The quantitative estimate of drug-likeness (QED) is 0.634. The predicted octanol–water partition coefficient (Wildman–Crippen LogP) is 4.13. The summed E-state index contributed by atoms with van der Waals surface area (Å²) in [6.07, 6.45) is 2.54. The Morgan fingerprint density at radius 1 is 1.34 bits per heavy atom. The molecule has 0 aliphatic carbocycles. The average Bonchev–Trinajstić information content (AvgIpc) is 3.33. The van der Waals surface area contributed by atoms with Crippen LogP contribution in [0, 0.1) is 5.92 Å². The lowest BCUT2D eigenvalue weighted by Crippen LogP contribution is -2.33. The maximum absolute atomic E-state index is 12.7. The average molecular weight is 415 g/mol. The third-order valence-corrected chi connectivity index (χ3v) is 6.07. The van der Waals surface area contributed by atoms with Gasteiger partial charge in [-0.2, -0.15) is 0 Å². The molecule has 29 heavy (non-hydrogen) atoms. The largest absolute Gasteiger partial charge is 0.497 e. The molecular weight excluding hydrogens is 388 g/mol. The summed E-state index contributed by atoms with van der Waals surface area (Å²) in [6, 6.07) is 5.45. The molecule has 0 bridgehead atoms. The van der Waals surface area contributed by atoms with Crippen molar-refractivity contribution in [3.63, 3.8) is 0 Å². The van der Waals surface area contributed by atoms with Crippen LogP contribution in [-0.2, 0) is 6.54 Å². The summed E-state index contributed by atoms with van der Waals surface area (Å²) in [4.78, 5) is 22.9. The summed E-state index contributed by atoms with van der Waals surface area (Å²) < 4.78 is 10.7. The van der Waals surface area contributed by atoms with Crippen LogP contribution in [0.3, 0.4) is 0 Å². The lowest BCUT2D eigenvalue weighted by atomic mass is 10.0. The molecular formula is C21H26N4O3S. The minimum absolute atomic E-state index is 0.227. The first kappa shape index (κ1) is 19.7. The predicted molar refractivity (Wildman–Crippen MR) is 115 cm³/mol. The zero-order valence-corrected chi connectivity index (χ0v) is 17.8. The Kier molecular flexibility index (Phi) is 5.73. The molecule has 1 aliphatic rings. The van der Waals surface area contributed by atoms with Gasteiger partial charge in [0.15, 0.2) is 5.13 Å². The molecule has 1 atom stereocenters. The number of hydrogen-bond acceptors (Lipinski definition) is 6. The van der Waals surface area contributed by atoms with Gasteiger partial charge in [-0.25, -0.2) is 4.98 Å². The number of anilines is 1. The number of aromatic nitrogens is 2. The highest BCUT2D eigenvalue weighted by molar-refractivity contribution is 7.13. The highest BCUT2D eigenvalue weighted by atomic mass is 32.1. The molecule has 8 heteroatoms. The molecule has 2 aromatic heterocycles. The molecule has 2 N–H and O–H groups in total. The molecule has 1 fully saturated rings. The molecule has 0 saturated carbocycles. The highest BCUT2D eigenvalue weighted by Crippen LogP contribution is 2.31. The fraction of sp³-hybridized carbons (Fsp3) is 0.429. The van der Waals surface area contributed by atoms with Crippen LogP contribution in [0.2, 0.25) is 0 Å². The monoisotopic (exact) mass is 414 g/mol. The smallest absolute Gasteiger partial charge is 0.273 e. The molecule has 3 heterocycles. The zero-order valence-electron chi connectivity index (χ0n) is 16.9. The Morgan fingerprint density at radius 3 is 2.97 bits per heavy atom. The normalized spacial score (nSPS) is 17.4. The number of ether oxygens (including phenoxy) is 2. The number of fused-ring (bicyclic) bond motifs is 1. The van der Waals surface area contributed by atoms with Gasteiger partial charge in [-0.05, 0) is 37.4 Å². The van der Waals surface area contributed by atoms with Crippen molar-refractivity contribution in [2.45, 2.75) is 26.3 Å². The number of methoxy groups -OCH3 is 2. The second-order valence-electron chi connectivity index (χ2n) is 7.56. The van der Waals surface area contributed by atoms with Crippen molar-refractivity contribution in [2.24, 2.45) is 5.92 Å². The van der Waals surface area contributed by atoms with Crippen molar-refractivity contribution in [3.05, 3.63) is 35.0 Å². The van der Waals surface area contributed by atoms with Crippen LogP contribution in [0.25, 0.3) is 10.9 Å². The fourth-order valence-corrected chi connectivity index (χ4v) is 4.54. The molecule has 4 rings (SSSR count). The van der Waals surface area contributed by atoms with Crippen LogP contribution in [0.5, 0.6) is 11.5 Å². The van der Waals surface area contributed by atoms with Gasteiger partial charge < -0.3 is 14.5 Å². The number of benzene rings is 1. The second kappa shape index (κ2) is 8.42. The van der Waals surface area contributed by atoms with Crippen LogP contribution >= 0.6 is 11.3 Å². The van der Waals surface area contributed by atoms with Crippen molar-refractivity contribution in [3.8, 4) is 11.5 Å². The highest BCUT2D eigenvalue weighted by Gasteiger charge is 2.18. The Labute approximate surface area is 174 Å². The summed E-state index contributed by atoms with van der Waals surface area (Å²) in [5.41, 5.74) is 2.22. The number of piperidine rings is 1. The summed E-state index contributed by atoms with van der Waals surface area (Å²) in [6.45, 7) is 5.35. The van der Waals surface area contributed by atoms with E-state index in [2.05, 4.69) is 27.1 Å². The lowest BCUT2D eigenvalue weighted by molar-refractivity contribution is 0.102. The van der Waals surface area contributed by atoms with Gasteiger partial charge in [-0.3, -0.25) is 15.0 Å². The molecule has 7 nitrogen and oxygen atoms in total. The van der Waals surface area contributed by atoms with Gasteiger partial charge in [0.1, 0.15) is 17.2 Å². The third kappa shape index (κ3) is 4.38. The van der Waals surface area contributed by atoms with Crippen LogP contribution < -0.4 is 14.8 Å². The molecule has 0 spiro atoms. The maximum Gasteiger partial charge on any atom is 0.273 e.